The molecule has 0 aliphatic rings. The van der Waals surface area contributed by atoms with E-state index in [1.807, 2.05) is 36.4 Å². The molecule has 0 aliphatic carbocycles. The summed E-state index contributed by atoms with van der Waals surface area (Å²) in [5.74, 6) is -2.06. The van der Waals surface area contributed by atoms with Gasteiger partial charge in [0.1, 0.15) is 5.60 Å². The highest BCUT2D eigenvalue weighted by Crippen LogP contribution is 2.11. The van der Waals surface area contributed by atoms with Crippen LogP contribution in [0.25, 0.3) is 0 Å². The molecule has 1 amide bonds. The second kappa shape index (κ2) is 26.7. The van der Waals surface area contributed by atoms with E-state index in [-0.39, 0.29) is 32.0 Å². The zero-order chi connectivity index (χ0) is 34.3. The highest BCUT2D eigenvalue weighted by atomic mass is 36.0. The molecule has 0 aromatic heterocycles. The first-order chi connectivity index (χ1) is 20.5. The summed E-state index contributed by atoms with van der Waals surface area (Å²) >= 11 is 0. The van der Waals surface area contributed by atoms with Crippen molar-refractivity contribution >= 4 is 61.0 Å². The van der Waals surface area contributed by atoms with E-state index in [0.29, 0.717) is 6.42 Å². The van der Waals surface area contributed by atoms with Crippen molar-refractivity contribution in [1.29, 1.82) is 0 Å². The molecule has 0 radical (unpaired) electrons. The Labute approximate surface area is 282 Å². The number of ether oxygens (including phenoxy) is 2. The Morgan fingerprint density at radius 3 is 1.67 bits per heavy atom. The molecule has 12 nitrogen and oxygen atoms in total. The number of benzene rings is 2. The molecule has 0 saturated carbocycles. The minimum Gasteiger partial charge on any atom is -0.479 e. The summed E-state index contributed by atoms with van der Waals surface area (Å²) in [6.07, 6.45) is -3.10. The summed E-state index contributed by atoms with van der Waals surface area (Å²) in [7, 11) is 7.36. The number of hydrogen-bond acceptors (Lipinski definition) is 10. The minimum atomic E-state index is -1.71. The zero-order valence-electron chi connectivity index (χ0n) is 25.8. The van der Waals surface area contributed by atoms with Crippen LogP contribution < -0.4 is 11.1 Å². The first-order valence-corrected chi connectivity index (χ1v) is 16.2. The maximum Gasteiger partial charge on any atom is 0.407 e. The number of amides is 1. The van der Waals surface area contributed by atoms with Crippen LogP contribution in [0.4, 0.5) is 4.79 Å². The van der Waals surface area contributed by atoms with Gasteiger partial charge in [0.25, 0.3) is 0 Å². The molecule has 4 atom stereocenters. The van der Waals surface area contributed by atoms with Gasteiger partial charge in [-0.1, -0.05) is 60.7 Å². The third-order valence-electron chi connectivity index (χ3n) is 4.88. The second-order valence-electron chi connectivity index (χ2n) is 9.78. The number of aliphatic carboxylic acids is 1. The van der Waals surface area contributed by atoms with Crippen molar-refractivity contribution in [3.05, 3.63) is 71.8 Å². The maximum absolute atomic E-state index is 11.7. The summed E-state index contributed by atoms with van der Waals surface area (Å²) < 4.78 is 18.9. The molecular formula is C29H45Cl3N2O10S. The lowest BCUT2D eigenvalue weighted by atomic mass is 10.0. The molecule has 0 fully saturated rings. The average Bonchev–Trinajstić information content (AvgIpc) is 2.92. The summed E-state index contributed by atoms with van der Waals surface area (Å²) in [5.41, 5.74) is 6.82. The van der Waals surface area contributed by atoms with Crippen molar-refractivity contribution in [2.75, 3.05) is 13.2 Å². The van der Waals surface area contributed by atoms with Gasteiger partial charge in [0, 0.05) is 34.0 Å². The largest absolute Gasteiger partial charge is 0.479 e. The number of nitrogens with two attached hydrogens (primary N) is 1. The molecule has 2 aromatic rings. The van der Waals surface area contributed by atoms with E-state index >= 15 is 0 Å². The van der Waals surface area contributed by atoms with Crippen molar-refractivity contribution in [3.63, 3.8) is 0 Å². The smallest absolute Gasteiger partial charge is 0.407 e. The van der Waals surface area contributed by atoms with Crippen LogP contribution in [0.2, 0.25) is 0 Å². The Morgan fingerprint density at radius 2 is 1.31 bits per heavy atom. The van der Waals surface area contributed by atoms with E-state index in [2.05, 4.69) is 26.7 Å². The predicted molar refractivity (Wildman–Crippen MR) is 178 cm³/mol. The van der Waals surface area contributed by atoms with Crippen molar-refractivity contribution in [2.24, 2.45) is 5.73 Å². The van der Waals surface area contributed by atoms with Crippen LogP contribution in [0.3, 0.4) is 0 Å². The molecule has 2 aromatic carbocycles. The molecule has 2 unspecified atom stereocenters. The van der Waals surface area contributed by atoms with E-state index in [4.69, 9.17) is 29.6 Å². The summed E-state index contributed by atoms with van der Waals surface area (Å²) in [4.78, 5) is 33.9. The van der Waals surface area contributed by atoms with Crippen LogP contribution in [-0.2, 0) is 41.1 Å². The Bertz CT molecular complexity index is 1090. The fourth-order valence-electron chi connectivity index (χ4n) is 3.14. The third kappa shape index (κ3) is 26.4. The standard InChI is InChI=1S/C15H21NO5.C12H17NO3.C2H6O.Cl2OS.ClH/c1-15(2,3)21-14(20)16-11(12(17)13(18)19)9-10-7-5-4-6-8-10;1-2-16-12(15)11(14)10(13)8-9-6-4-3-5-7-9;1-2-3;1-4(2)3;/h4-8,11-12,17H,9H2,1-3H3,(H,16,20)(H,18,19);3-7,10-11,14H,2,8,13H2,1H3;3H,2H2,1H3;;1H/t11?,12-;10?,11-;;;/m00.../s1. The van der Waals surface area contributed by atoms with E-state index < -0.39 is 57.2 Å². The monoisotopic (exact) mass is 718 g/mol. The maximum atomic E-state index is 11.7. The number of carboxylic acid groups (broad SMARTS) is 1. The molecular weight excluding hydrogens is 675 g/mol. The highest BCUT2D eigenvalue weighted by Gasteiger charge is 2.29. The van der Waals surface area contributed by atoms with E-state index in [9.17, 15) is 24.6 Å². The van der Waals surface area contributed by atoms with Gasteiger partial charge in [-0.15, -0.1) is 12.4 Å². The van der Waals surface area contributed by atoms with Crippen molar-refractivity contribution < 1.29 is 48.5 Å². The minimum absolute atomic E-state index is 0. The number of carbonyl (C=O) groups excluding carboxylic acids is 2. The van der Waals surface area contributed by atoms with Gasteiger partial charge in [-0.3, -0.25) is 0 Å². The zero-order valence-corrected chi connectivity index (χ0v) is 28.9. The number of alkyl carbamates (subject to hydrolysis) is 1. The molecule has 7 N–H and O–H groups in total. The predicted octanol–water partition coefficient (Wildman–Crippen LogP) is 3.51. The van der Waals surface area contributed by atoms with Crippen LogP contribution >= 0.6 is 33.8 Å². The molecule has 258 valence electrons. The normalized spacial score (nSPS) is 12.8. The van der Waals surface area contributed by atoms with Crippen molar-refractivity contribution in [3.8, 4) is 0 Å². The van der Waals surface area contributed by atoms with Crippen LogP contribution in [0.5, 0.6) is 0 Å². The first kappa shape index (κ1) is 46.9. The van der Waals surface area contributed by atoms with Gasteiger partial charge in [-0.25, -0.2) is 18.6 Å². The number of carbonyl (C=O) groups is 3. The van der Waals surface area contributed by atoms with Gasteiger partial charge in [-0.2, -0.15) is 0 Å². The lowest BCUT2D eigenvalue weighted by Crippen LogP contribution is -2.49. The van der Waals surface area contributed by atoms with Crippen molar-refractivity contribution in [1.82, 2.24) is 5.32 Å². The van der Waals surface area contributed by atoms with Gasteiger partial charge in [0.05, 0.1) is 12.6 Å². The number of aliphatic hydroxyl groups excluding tert-OH is 3. The van der Waals surface area contributed by atoms with E-state index in [1.54, 1.807) is 58.9 Å². The Morgan fingerprint density at radius 1 is 0.911 bits per heavy atom. The molecule has 45 heavy (non-hydrogen) atoms. The van der Waals surface area contributed by atoms with Crippen molar-refractivity contribution in [2.45, 2.75) is 77.4 Å². The fraction of sp³-hybridized carbons (Fsp3) is 0.483. The van der Waals surface area contributed by atoms with Gasteiger partial charge < -0.3 is 41.0 Å². The molecule has 0 bridgehead atoms. The quantitative estimate of drug-likeness (QED) is 0.155. The van der Waals surface area contributed by atoms with E-state index in [1.165, 1.54) is 0 Å². The van der Waals surface area contributed by atoms with Gasteiger partial charge in [0.2, 0.25) is 9.23 Å². The molecule has 0 aliphatic heterocycles. The molecule has 2 rings (SSSR count). The number of nitrogens with one attached hydrogen (secondary N) is 1. The number of esters is 1. The highest BCUT2D eigenvalue weighted by molar-refractivity contribution is 8.26. The average molecular weight is 720 g/mol. The first-order valence-electron chi connectivity index (χ1n) is 13.4. The number of aliphatic hydroxyl groups is 3. The number of hydrogen-bond donors (Lipinski definition) is 6. The second-order valence-corrected chi connectivity index (χ2v) is 12.3. The summed E-state index contributed by atoms with van der Waals surface area (Å²) in [6.45, 7) is 8.96. The number of rotatable bonds is 10. The Balaban J connectivity index is -0.000000650. The van der Waals surface area contributed by atoms with Crippen LogP contribution in [0, 0.1) is 0 Å². The summed E-state index contributed by atoms with van der Waals surface area (Å²) in [5, 5.41) is 38.2. The van der Waals surface area contributed by atoms with Crippen LogP contribution in [-0.4, -0.2) is 85.8 Å². The molecule has 0 saturated heterocycles. The van der Waals surface area contributed by atoms with Gasteiger partial charge in [0.15, 0.2) is 12.2 Å². The van der Waals surface area contributed by atoms with E-state index in [0.717, 1.165) is 11.1 Å². The SMILES string of the molecule is CC(C)(C)OC(=O)NC(Cc1ccccc1)[C@H](O)C(=O)O.CCO.CCOC(=O)[C@@H](O)C(N)Cc1ccccc1.Cl.O=S(Cl)Cl. The lowest BCUT2D eigenvalue weighted by molar-refractivity contribution is -0.154. The Kier molecular flexibility index (Phi) is 27.8. The van der Waals surface area contributed by atoms with Gasteiger partial charge >= 0.3 is 18.0 Å². The molecule has 0 spiro atoms. The van der Waals surface area contributed by atoms with Crippen LogP contribution in [0.1, 0.15) is 45.7 Å². The third-order valence-corrected chi connectivity index (χ3v) is 4.88. The summed E-state index contributed by atoms with van der Waals surface area (Å²) in [6, 6.07) is 16.9. The lowest BCUT2D eigenvalue weighted by Gasteiger charge is -2.25. The molecule has 0 heterocycles. The molecule has 16 heteroatoms. The topological polar surface area (TPSA) is 206 Å². The number of halogens is 3. The fourth-order valence-corrected chi connectivity index (χ4v) is 3.14. The van der Waals surface area contributed by atoms with Gasteiger partial charge in [-0.05, 0) is 58.6 Å². The Hall–Kier alpha value is -2.49. The number of carboxylic acids is 1. The van der Waals surface area contributed by atoms with Crippen LogP contribution in [0.15, 0.2) is 60.7 Å².